The minimum Gasteiger partial charge on any atom is -0.441 e. The first-order valence-electron chi connectivity index (χ1n) is 8.21. The molecular formula is C20H18Cl2N2O2. The van der Waals surface area contributed by atoms with Gasteiger partial charge in [0.15, 0.2) is 11.7 Å². The van der Waals surface area contributed by atoms with Crippen LogP contribution in [0, 0.1) is 0 Å². The van der Waals surface area contributed by atoms with Crippen molar-refractivity contribution in [1.82, 2.24) is 9.88 Å². The predicted molar refractivity (Wildman–Crippen MR) is 103 cm³/mol. The standard InChI is InChI=1S/C20H18Cl2N2O2/c1-24(13-14-5-3-2-4-6-14)20(25)10-9-19-23-12-18(26-19)16-8-7-15(21)11-17(16)22/h2-8,11-12H,9-10,13H2,1H3. The molecule has 1 amide bonds. The number of amides is 1. The van der Waals surface area contributed by atoms with E-state index in [4.69, 9.17) is 27.6 Å². The molecule has 3 rings (SSSR count). The SMILES string of the molecule is CN(Cc1ccccc1)C(=O)CCc1ncc(-c2ccc(Cl)cc2Cl)o1. The Morgan fingerprint density at radius 3 is 2.65 bits per heavy atom. The van der Waals surface area contributed by atoms with Crippen molar-refractivity contribution in [3.8, 4) is 11.3 Å². The molecule has 0 atom stereocenters. The number of carbonyl (C=O) groups is 1. The lowest BCUT2D eigenvalue weighted by molar-refractivity contribution is -0.130. The Hall–Kier alpha value is -2.30. The predicted octanol–water partition coefficient (Wildman–Crippen LogP) is 5.24. The van der Waals surface area contributed by atoms with Gasteiger partial charge in [0.25, 0.3) is 0 Å². The van der Waals surface area contributed by atoms with Gasteiger partial charge in [0.05, 0.1) is 11.2 Å². The molecule has 0 bridgehead atoms. The van der Waals surface area contributed by atoms with Crippen molar-refractivity contribution in [1.29, 1.82) is 0 Å². The van der Waals surface area contributed by atoms with E-state index in [0.717, 1.165) is 11.1 Å². The third kappa shape index (κ3) is 4.65. The van der Waals surface area contributed by atoms with Crippen LogP contribution < -0.4 is 0 Å². The smallest absolute Gasteiger partial charge is 0.223 e. The van der Waals surface area contributed by atoms with Gasteiger partial charge in [0.1, 0.15) is 0 Å². The van der Waals surface area contributed by atoms with Gasteiger partial charge in [0, 0.05) is 37.0 Å². The highest BCUT2D eigenvalue weighted by Crippen LogP contribution is 2.30. The lowest BCUT2D eigenvalue weighted by Gasteiger charge is -2.16. The van der Waals surface area contributed by atoms with Gasteiger partial charge in [-0.2, -0.15) is 0 Å². The Balaban J connectivity index is 1.58. The molecule has 0 aliphatic heterocycles. The summed E-state index contributed by atoms with van der Waals surface area (Å²) < 4.78 is 5.73. The Morgan fingerprint density at radius 1 is 1.15 bits per heavy atom. The van der Waals surface area contributed by atoms with Crippen LogP contribution in [0.25, 0.3) is 11.3 Å². The van der Waals surface area contributed by atoms with Crippen LogP contribution in [0.2, 0.25) is 10.0 Å². The number of rotatable bonds is 6. The highest BCUT2D eigenvalue weighted by Gasteiger charge is 2.14. The molecule has 0 aliphatic rings. The van der Waals surface area contributed by atoms with Gasteiger partial charge in [-0.25, -0.2) is 4.98 Å². The van der Waals surface area contributed by atoms with E-state index in [0.29, 0.717) is 41.1 Å². The third-order valence-electron chi connectivity index (χ3n) is 3.99. The fraction of sp³-hybridized carbons (Fsp3) is 0.200. The molecule has 0 radical (unpaired) electrons. The fourth-order valence-electron chi connectivity index (χ4n) is 2.59. The van der Waals surface area contributed by atoms with Crippen molar-refractivity contribution in [3.63, 3.8) is 0 Å². The van der Waals surface area contributed by atoms with Crippen LogP contribution in [0.15, 0.2) is 59.1 Å². The molecule has 0 fully saturated rings. The summed E-state index contributed by atoms with van der Waals surface area (Å²) in [5.74, 6) is 1.11. The molecule has 1 heterocycles. The van der Waals surface area contributed by atoms with Crippen LogP contribution >= 0.6 is 23.2 Å². The summed E-state index contributed by atoms with van der Waals surface area (Å²) in [7, 11) is 1.80. The Bertz CT molecular complexity index is 894. The van der Waals surface area contributed by atoms with Gasteiger partial charge in [-0.1, -0.05) is 53.5 Å². The monoisotopic (exact) mass is 388 g/mol. The average Bonchev–Trinajstić information content (AvgIpc) is 3.09. The van der Waals surface area contributed by atoms with Crippen molar-refractivity contribution < 1.29 is 9.21 Å². The summed E-state index contributed by atoms with van der Waals surface area (Å²) in [5.41, 5.74) is 1.82. The molecule has 3 aromatic rings. The van der Waals surface area contributed by atoms with E-state index >= 15 is 0 Å². The molecule has 0 saturated heterocycles. The van der Waals surface area contributed by atoms with Gasteiger partial charge >= 0.3 is 0 Å². The lowest BCUT2D eigenvalue weighted by Crippen LogP contribution is -2.26. The number of hydrogen-bond donors (Lipinski definition) is 0. The summed E-state index contributed by atoms with van der Waals surface area (Å²) in [5, 5.41) is 1.06. The van der Waals surface area contributed by atoms with Crippen molar-refractivity contribution in [2.24, 2.45) is 0 Å². The van der Waals surface area contributed by atoms with Crippen LogP contribution in [0.1, 0.15) is 17.9 Å². The molecule has 0 aliphatic carbocycles. The van der Waals surface area contributed by atoms with Gasteiger partial charge in [-0.05, 0) is 23.8 Å². The van der Waals surface area contributed by atoms with Crippen LogP contribution in [0.3, 0.4) is 0 Å². The normalized spacial score (nSPS) is 10.7. The second kappa shape index (κ2) is 8.39. The van der Waals surface area contributed by atoms with E-state index < -0.39 is 0 Å². The number of benzene rings is 2. The molecule has 0 unspecified atom stereocenters. The first-order valence-corrected chi connectivity index (χ1v) is 8.96. The number of nitrogens with zero attached hydrogens (tertiary/aromatic N) is 2. The summed E-state index contributed by atoms with van der Waals surface area (Å²) in [4.78, 5) is 18.3. The molecule has 26 heavy (non-hydrogen) atoms. The van der Waals surface area contributed by atoms with Crippen LogP contribution in [0.4, 0.5) is 0 Å². The van der Waals surface area contributed by atoms with E-state index in [9.17, 15) is 4.79 Å². The number of aromatic nitrogens is 1. The molecule has 0 N–H and O–H groups in total. The molecule has 2 aromatic carbocycles. The number of carbonyl (C=O) groups excluding carboxylic acids is 1. The highest BCUT2D eigenvalue weighted by molar-refractivity contribution is 6.36. The van der Waals surface area contributed by atoms with Gasteiger partial charge in [0.2, 0.25) is 5.91 Å². The van der Waals surface area contributed by atoms with Gasteiger partial charge < -0.3 is 9.32 Å². The number of aryl methyl sites for hydroxylation is 1. The van der Waals surface area contributed by atoms with E-state index in [2.05, 4.69) is 4.98 Å². The zero-order valence-electron chi connectivity index (χ0n) is 14.3. The van der Waals surface area contributed by atoms with Crippen molar-refractivity contribution in [2.75, 3.05) is 7.05 Å². The van der Waals surface area contributed by atoms with E-state index in [1.807, 2.05) is 30.3 Å². The second-order valence-corrected chi connectivity index (χ2v) is 6.82. The fourth-order valence-corrected chi connectivity index (χ4v) is 3.09. The zero-order valence-corrected chi connectivity index (χ0v) is 15.8. The van der Waals surface area contributed by atoms with Crippen molar-refractivity contribution >= 4 is 29.1 Å². The van der Waals surface area contributed by atoms with E-state index in [-0.39, 0.29) is 5.91 Å². The molecular weight excluding hydrogens is 371 g/mol. The van der Waals surface area contributed by atoms with Crippen molar-refractivity contribution in [3.05, 3.63) is 76.2 Å². The second-order valence-electron chi connectivity index (χ2n) is 5.98. The molecule has 6 heteroatoms. The minimum absolute atomic E-state index is 0.0399. The molecule has 4 nitrogen and oxygen atoms in total. The van der Waals surface area contributed by atoms with Gasteiger partial charge in [-0.3, -0.25) is 4.79 Å². The van der Waals surface area contributed by atoms with Gasteiger partial charge in [-0.15, -0.1) is 0 Å². The maximum Gasteiger partial charge on any atom is 0.223 e. The van der Waals surface area contributed by atoms with Crippen molar-refractivity contribution in [2.45, 2.75) is 19.4 Å². The zero-order chi connectivity index (χ0) is 18.5. The minimum atomic E-state index is 0.0399. The molecule has 1 aromatic heterocycles. The highest BCUT2D eigenvalue weighted by atomic mass is 35.5. The number of halogens is 2. The maximum atomic E-state index is 12.3. The molecule has 0 spiro atoms. The number of oxazole rings is 1. The largest absolute Gasteiger partial charge is 0.441 e. The summed E-state index contributed by atoms with van der Waals surface area (Å²) >= 11 is 12.1. The topological polar surface area (TPSA) is 46.3 Å². The molecule has 134 valence electrons. The Labute approximate surface area is 162 Å². The maximum absolute atomic E-state index is 12.3. The van der Waals surface area contributed by atoms with Crippen LogP contribution in [-0.2, 0) is 17.8 Å². The first-order chi connectivity index (χ1) is 12.5. The Kier molecular flexibility index (Phi) is 5.96. The quantitative estimate of drug-likeness (QED) is 0.579. The van der Waals surface area contributed by atoms with Crippen LogP contribution in [-0.4, -0.2) is 22.8 Å². The lowest BCUT2D eigenvalue weighted by atomic mass is 10.2. The Morgan fingerprint density at radius 2 is 1.92 bits per heavy atom. The summed E-state index contributed by atoms with van der Waals surface area (Å²) in [6.07, 6.45) is 2.38. The third-order valence-corrected chi connectivity index (χ3v) is 4.54. The average molecular weight is 389 g/mol. The summed E-state index contributed by atoms with van der Waals surface area (Å²) in [6, 6.07) is 15.1. The summed E-state index contributed by atoms with van der Waals surface area (Å²) in [6.45, 7) is 0.580. The van der Waals surface area contributed by atoms with Crippen LogP contribution in [0.5, 0.6) is 0 Å². The first kappa shape index (κ1) is 18.5. The van der Waals surface area contributed by atoms with E-state index in [1.54, 1.807) is 36.3 Å². The molecule has 0 saturated carbocycles. The van der Waals surface area contributed by atoms with E-state index in [1.165, 1.54) is 0 Å². The number of hydrogen-bond acceptors (Lipinski definition) is 3.